The summed E-state index contributed by atoms with van der Waals surface area (Å²) < 4.78 is 0. The molecule has 10 nitrogen and oxygen atoms in total. The Kier molecular flexibility index (Phi) is 6.34. The van der Waals surface area contributed by atoms with Crippen molar-refractivity contribution in [3.63, 3.8) is 0 Å². The molecule has 0 radical (unpaired) electrons. The predicted octanol–water partition coefficient (Wildman–Crippen LogP) is 1.24. The number of benzene rings is 1. The summed E-state index contributed by atoms with van der Waals surface area (Å²) in [6.07, 6.45) is 0.907. The molecule has 1 amide bonds. The fraction of sp³-hybridized carbons (Fsp3) is 0.231. The average Bonchev–Trinajstić information content (AvgIpc) is 2.44. The molecule has 0 aliphatic rings. The Labute approximate surface area is 130 Å². The van der Waals surface area contributed by atoms with Gasteiger partial charge in [0, 0.05) is 12.1 Å². The van der Waals surface area contributed by atoms with Gasteiger partial charge in [0.25, 0.3) is 10.8 Å². The highest BCUT2D eigenvalue weighted by Crippen LogP contribution is 2.14. The highest BCUT2D eigenvalue weighted by molar-refractivity contribution is 5.96. The number of non-ortho nitro benzene ring substituents is 1. The van der Waals surface area contributed by atoms with E-state index in [0.29, 0.717) is 5.56 Å². The molecule has 0 fully saturated rings. The summed E-state index contributed by atoms with van der Waals surface area (Å²) in [6.45, 7) is 0.935. The zero-order chi connectivity index (χ0) is 17.4. The third kappa shape index (κ3) is 6.80. The highest BCUT2D eigenvalue weighted by Gasteiger charge is 2.10. The minimum absolute atomic E-state index is 0.131. The lowest BCUT2D eigenvalue weighted by Crippen LogP contribution is -2.28. The van der Waals surface area contributed by atoms with Crippen molar-refractivity contribution < 1.29 is 24.4 Å². The van der Waals surface area contributed by atoms with Crippen LogP contribution in [-0.2, 0) is 14.4 Å². The number of nitro benzene ring substituents is 1. The molecule has 0 bridgehead atoms. The molecule has 0 atom stereocenters. The van der Waals surface area contributed by atoms with E-state index >= 15 is 0 Å². The van der Waals surface area contributed by atoms with Gasteiger partial charge in [-0.2, -0.15) is 0 Å². The topological polar surface area (TPSA) is 142 Å². The Morgan fingerprint density at radius 1 is 1.22 bits per heavy atom. The second kappa shape index (κ2) is 8.22. The molecule has 0 saturated heterocycles. The van der Waals surface area contributed by atoms with E-state index in [2.05, 4.69) is 10.2 Å². The normalized spacial score (nSPS) is 10.7. The van der Waals surface area contributed by atoms with Gasteiger partial charge < -0.3 is 5.32 Å². The van der Waals surface area contributed by atoms with Crippen LogP contribution in [0.3, 0.4) is 0 Å². The van der Waals surface area contributed by atoms with Crippen molar-refractivity contribution in [3.8, 4) is 0 Å². The molecule has 122 valence electrons. The largest absolute Gasteiger partial charge is 0.350 e. The number of nitrogens with one attached hydrogen (secondary N) is 1. The van der Waals surface area contributed by atoms with Gasteiger partial charge in [-0.1, -0.05) is 0 Å². The van der Waals surface area contributed by atoms with Crippen molar-refractivity contribution >= 4 is 23.5 Å². The predicted molar refractivity (Wildman–Crippen MR) is 77.5 cm³/mol. The molecule has 10 heteroatoms. The first-order chi connectivity index (χ1) is 10.8. The Morgan fingerprint density at radius 2 is 1.83 bits per heavy atom. The van der Waals surface area contributed by atoms with Crippen molar-refractivity contribution in [2.75, 3.05) is 6.54 Å². The molecule has 1 rings (SSSR count). The first-order valence-electron chi connectivity index (χ1n) is 6.31. The smallest absolute Gasteiger partial charge is 0.299 e. The van der Waals surface area contributed by atoms with E-state index < -0.39 is 15.9 Å². The van der Waals surface area contributed by atoms with Crippen LogP contribution < -0.4 is 5.32 Å². The van der Waals surface area contributed by atoms with Crippen molar-refractivity contribution in [2.24, 2.45) is 0 Å². The van der Waals surface area contributed by atoms with Crippen LogP contribution in [-0.4, -0.2) is 28.2 Å². The van der Waals surface area contributed by atoms with Crippen LogP contribution in [0.5, 0.6) is 0 Å². The van der Waals surface area contributed by atoms with E-state index in [4.69, 9.17) is 0 Å². The van der Waals surface area contributed by atoms with E-state index in [1.165, 1.54) is 37.3 Å². The second-order valence-electron chi connectivity index (χ2n) is 4.43. The number of amides is 1. The van der Waals surface area contributed by atoms with Crippen LogP contribution in [0.2, 0.25) is 0 Å². The summed E-state index contributed by atoms with van der Waals surface area (Å²) in [5.74, 6) is -1.14. The zero-order valence-corrected chi connectivity index (χ0v) is 12.1. The Bertz CT molecular complexity index is 652. The van der Waals surface area contributed by atoms with Crippen LogP contribution >= 0.6 is 0 Å². The van der Waals surface area contributed by atoms with Crippen LogP contribution in [0.1, 0.15) is 18.9 Å². The summed E-state index contributed by atoms with van der Waals surface area (Å²) in [5.41, 5.74) is 0.280. The molecule has 0 spiro atoms. The van der Waals surface area contributed by atoms with Crippen molar-refractivity contribution in [3.05, 3.63) is 55.8 Å². The van der Waals surface area contributed by atoms with E-state index in [0.717, 1.165) is 0 Å². The van der Waals surface area contributed by atoms with Crippen molar-refractivity contribution in [1.29, 1.82) is 0 Å². The highest BCUT2D eigenvalue weighted by atomic mass is 17.0. The zero-order valence-electron chi connectivity index (χ0n) is 12.1. The molecular weight excluding hydrogens is 310 g/mol. The summed E-state index contributed by atoms with van der Waals surface area (Å²) >= 11 is 0. The first kappa shape index (κ1) is 17.8. The summed E-state index contributed by atoms with van der Waals surface area (Å²) in [4.78, 5) is 46.9. The van der Waals surface area contributed by atoms with Gasteiger partial charge in [0.05, 0.1) is 17.9 Å². The van der Waals surface area contributed by atoms with Crippen molar-refractivity contribution in [1.82, 2.24) is 5.32 Å². The number of hydrogen-bond acceptors (Lipinski definition) is 7. The minimum atomic E-state index is -1.05. The monoisotopic (exact) mass is 323 g/mol. The number of carbonyl (C=O) groups is 2. The third-order valence-electron chi connectivity index (χ3n) is 2.49. The molecule has 1 aromatic rings. The Balaban J connectivity index is 2.83. The lowest BCUT2D eigenvalue weighted by atomic mass is 10.2. The molecule has 0 unspecified atom stereocenters. The molecule has 0 aromatic heterocycles. The summed E-state index contributed by atoms with van der Waals surface area (Å²) in [7, 11) is 0. The molecule has 0 aliphatic heterocycles. The van der Waals surface area contributed by atoms with Gasteiger partial charge in [-0.3, -0.25) is 24.5 Å². The van der Waals surface area contributed by atoms with E-state index in [-0.39, 0.29) is 30.2 Å². The number of nitro groups is 1. The van der Waals surface area contributed by atoms with Crippen LogP contribution in [0.15, 0.2) is 30.0 Å². The van der Waals surface area contributed by atoms with Crippen LogP contribution in [0.25, 0.3) is 6.08 Å². The number of hydrogen-bond donors (Lipinski definition) is 1. The van der Waals surface area contributed by atoms with E-state index in [9.17, 15) is 29.8 Å². The van der Waals surface area contributed by atoms with Gasteiger partial charge >= 0.3 is 0 Å². The second-order valence-corrected chi connectivity index (χ2v) is 4.43. The lowest BCUT2D eigenvalue weighted by Gasteiger charge is -2.07. The van der Waals surface area contributed by atoms with Gasteiger partial charge in [0.1, 0.15) is 11.5 Å². The standard InChI is InChI=1S/C13H13N3O7/c1-9(17)6-13(18)14-8-12(23-16(21)22)7-10-2-4-11(5-3-10)15(19)20/h2-5,7H,6,8H2,1H3,(H,14,18)/b12-7-. The van der Waals surface area contributed by atoms with E-state index in [1.54, 1.807) is 0 Å². The molecular formula is C13H13N3O7. The lowest BCUT2D eigenvalue weighted by molar-refractivity contribution is -0.742. The fourth-order valence-electron chi connectivity index (χ4n) is 1.56. The molecule has 1 aromatic carbocycles. The molecule has 1 N–H and O–H groups in total. The molecule has 23 heavy (non-hydrogen) atoms. The van der Waals surface area contributed by atoms with Gasteiger partial charge in [-0.15, -0.1) is 10.1 Å². The number of Topliss-reactive ketones (excluding diaryl/α,β-unsaturated/α-hetero) is 1. The summed E-state index contributed by atoms with van der Waals surface area (Å²) in [6, 6.07) is 5.20. The number of rotatable bonds is 8. The maximum atomic E-state index is 11.4. The maximum Gasteiger partial charge on any atom is 0.299 e. The van der Waals surface area contributed by atoms with Gasteiger partial charge in [-0.05, 0) is 30.7 Å². The van der Waals surface area contributed by atoms with Gasteiger partial charge in [0.2, 0.25) is 5.91 Å². The average molecular weight is 323 g/mol. The Morgan fingerprint density at radius 3 is 2.30 bits per heavy atom. The molecule has 0 saturated carbocycles. The summed E-state index contributed by atoms with van der Waals surface area (Å²) in [5, 5.41) is 22.3. The SMILES string of the molecule is CC(=O)CC(=O)NC/C(=C/c1ccc([N+](=O)[O-])cc1)O[N+](=O)[O-]. The third-order valence-corrected chi connectivity index (χ3v) is 2.49. The number of carbonyl (C=O) groups excluding carboxylic acids is 2. The minimum Gasteiger partial charge on any atom is -0.350 e. The van der Waals surface area contributed by atoms with Crippen LogP contribution in [0, 0.1) is 20.2 Å². The van der Waals surface area contributed by atoms with E-state index in [1.807, 2.05) is 0 Å². The molecule has 0 heterocycles. The Hall–Kier alpha value is -3.30. The quantitative estimate of drug-likeness (QED) is 0.328. The van der Waals surface area contributed by atoms with Gasteiger partial charge in [-0.25, -0.2) is 0 Å². The molecule has 0 aliphatic carbocycles. The number of nitrogens with zero attached hydrogens (tertiary/aromatic N) is 2. The first-order valence-corrected chi connectivity index (χ1v) is 6.31. The maximum absolute atomic E-state index is 11.4. The van der Waals surface area contributed by atoms with Crippen LogP contribution in [0.4, 0.5) is 5.69 Å². The number of ketones is 1. The van der Waals surface area contributed by atoms with Crippen molar-refractivity contribution in [2.45, 2.75) is 13.3 Å². The fourth-order valence-corrected chi connectivity index (χ4v) is 1.56. The van der Waals surface area contributed by atoms with Gasteiger partial charge in [0.15, 0.2) is 0 Å².